The Morgan fingerprint density at radius 3 is 2.72 bits per heavy atom. The summed E-state index contributed by atoms with van der Waals surface area (Å²) in [4.78, 5) is 20.8. The van der Waals surface area contributed by atoms with Crippen molar-refractivity contribution in [3.05, 3.63) is 60.6 Å². The van der Waals surface area contributed by atoms with Crippen LogP contribution < -0.4 is 9.47 Å². The van der Waals surface area contributed by atoms with Crippen molar-refractivity contribution < 1.29 is 23.0 Å². The van der Waals surface area contributed by atoms with Gasteiger partial charge in [0.05, 0.1) is 30.2 Å². The van der Waals surface area contributed by atoms with Crippen LogP contribution in [0.4, 0.5) is 8.78 Å². The molecule has 0 bridgehead atoms. The summed E-state index contributed by atoms with van der Waals surface area (Å²) in [5.74, 6) is 0.388. The molecule has 4 rings (SSSR count). The quantitative estimate of drug-likeness (QED) is 0.557. The Hall–Kier alpha value is -3.56. The highest BCUT2D eigenvalue weighted by atomic mass is 19.3. The molecule has 1 fully saturated rings. The summed E-state index contributed by atoms with van der Waals surface area (Å²) in [5.41, 5.74) is 1.10. The lowest BCUT2D eigenvalue weighted by atomic mass is 9.99. The van der Waals surface area contributed by atoms with E-state index in [0.29, 0.717) is 17.8 Å². The van der Waals surface area contributed by atoms with Crippen LogP contribution in [0, 0.1) is 0 Å². The van der Waals surface area contributed by atoms with E-state index in [-0.39, 0.29) is 29.7 Å². The van der Waals surface area contributed by atoms with E-state index in [1.165, 1.54) is 23.1 Å². The molecule has 8 nitrogen and oxygen atoms in total. The molecule has 1 aliphatic heterocycles. The van der Waals surface area contributed by atoms with Gasteiger partial charge in [0.2, 0.25) is 5.88 Å². The van der Waals surface area contributed by atoms with Crippen molar-refractivity contribution in [1.29, 1.82) is 0 Å². The molecule has 2 aromatic heterocycles. The van der Waals surface area contributed by atoms with Gasteiger partial charge in [-0.05, 0) is 38.0 Å². The topological polar surface area (TPSA) is 82.4 Å². The molecule has 3 aromatic rings. The molecule has 10 heteroatoms. The largest absolute Gasteiger partial charge is 0.487 e. The summed E-state index contributed by atoms with van der Waals surface area (Å²) in [5, 5.41) is 8.28. The summed E-state index contributed by atoms with van der Waals surface area (Å²) in [6.45, 7) is 1.67. The van der Waals surface area contributed by atoms with Gasteiger partial charge in [-0.15, -0.1) is 0 Å². The fourth-order valence-electron chi connectivity index (χ4n) is 3.65. The van der Waals surface area contributed by atoms with E-state index in [1.54, 1.807) is 35.5 Å². The van der Waals surface area contributed by atoms with Gasteiger partial charge in [0.1, 0.15) is 18.5 Å². The number of hydrogen-bond acceptors (Lipinski definition) is 6. The standard InChI is InChI=1S/C22H23F2N5O3/c1-15-6-7-17(32-21-12-16(8-9-25-21)31-14-20(23)24)13-28(15)22(30)18-4-2-3-5-19(18)29-26-10-11-27-29/h2-5,8-12,15,17,20H,6-7,13-14H2,1H3. The third-order valence-corrected chi connectivity index (χ3v) is 5.24. The number of ether oxygens (including phenoxy) is 2. The molecule has 2 atom stereocenters. The lowest BCUT2D eigenvalue weighted by Crippen LogP contribution is -2.49. The van der Waals surface area contributed by atoms with Gasteiger partial charge in [-0.25, -0.2) is 13.8 Å². The number of alkyl halides is 2. The Labute approximate surface area is 183 Å². The number of halogens is 2. The van der Waals surface area contributed by atoms with Gasteiger partial charge in [0.25, 0.3) is 12.3 Å². The highest BCUT2D eigenvalue weighted by Crippen LogP contribution is 2.26. The zero-order valence-electron chi connectivity index (χ0n) is 17.5. The summed E-state index contributed by atoms with van der Waals surface area (Å²) in [6.07, 6.45) is 3.19. The van der Waals surface area contributed by atoms with Crippen LogP contribution in [0.1, 0.15) is 30.1 Å². The maximum atomic E-state index is 13.4. The molecule has 3 heterocycles. The number of benzene rings is 1. The molecule has 1 aromatic carbocycles. The van der Waals surface area contributed by atoms with Crippen LogP contribution in [0.2, 0.25) is 0 Å². The lowest BCUT2D eigenvalue weighted by Gasteiger charge is -2.38. The number of para-hydroxylation sites is 1. The average Bonchev–Trinajstić information content (AvgIpc) is 3.34. The SMILES string of the molecule is CC1CCC(Oc2cc(OCC(F)F)ccn2)CN1C(=O)c1ccccc1-n1nccn1. The van der Waals surface area contributed by atoms with E-state index in [0.717, 1.165) is 12.8 Å². The second-order valence-corrected chi connectivity index (χ2v) is 7.49. The van der Waals surface area contributed by atoms with Crippen molar-refractivity contribution in [2.75, 3.05) is 13.2 Å². The van der Waals surface area contributed by atoms with Gasteiger partial charge in [0, 0.05) is 18.3 Å². The molecule has 1 saturated heterocycles. The van der Waals surface area contributed by atoms with Crippen molar-refractivity contribution in [1.82, 2.24) is 24.9 Å². The molecule has 32 heavy (non-hydrogen) atoms. The van der Waals surface area contributed by atoms with Crippen LogP contribution in [0.15, 0.2) is 55.0 Å². The molecule has 2 unspecified atom stereocenters. The molecule has 1 amide bonds. The molecule has 0 saturated carbocycles. The fraction of sp³-hybridized carbons (Fsp3) is 0.364. The predicted molar refractivity (Wildman–Crippen MR) is 111 cm³/mol. The monoisotopic (exact) mass is 443 g/mol. The second-order valence-electron chi connectivity index (χ2n) is 7.49. The first-order valence-electron chi connectivity index (χ1n) is 10.3. The van der Waals surface area contributed by atoms with Crippen LogP contribution >= 0.6 is 0 Å². The van der Waals surface area contributed by atoms with Crippen LogP contribution in [-0.4, -0.2) is 62.5 Å². The Morgan fingerprint density at radius 2 is 1.94 bits per heavy atom. The van der Waals surface area contributed by atoms with Crippen molar-refractivity contribution in [2.24, 2.45) is 0 Å². The molecular weight excluding hydrogens is 420 g/mol. The van der Waals surface area contributed by atoms with E-state index in [4.69, 9.17) is 9.47 Å². The summed E-state index contributed by atoms with van der Waals surface area (Å²) >= 11 is 0. The predicted octanol–water partition coefficient (Wildman–Crippen LogP) is 3.38. The highest BCUT2D eigenvalue weighted by Gasteiger charge is 2.32. The molecule has 0 spiro atoms. The Morgan fingerprint density at radius 1 is 1.16 bits per heavy atom. The van der Waals surface area contributed by atoms with Crippen LogP contribution in [-0.2, 0) is 0 Å². The highest BCUT2D eigenvalue weighted by molar-refractivity contribution is 5.98. The zero-order chi connectivity index (χ0) is 22.5. The lowest BCUT2D eigenvalue weighted by molar-refractivity contribution is 0.0371. The minimum atomic E-state index is -2.56. The number of rotatable bonds is 7. The zero-order valence-corrected chi connectivity index (χ0v) is 17.5. The molecule has 0 N–H and O–H groups in total. The minimum absolute atomic E-state index is 0.0228. The number of aromatic nitrogens is 4. The number of carbonyl (C=O) groups is 1. The summed E-state index contributed by atoms with van der Waals surface area (Å²) in [6, 6.07) is 10.2. The molecular formula is C22H23F2N5O3. The maximum Gasteiger partial charge on any atom is 0.272 e. The fourth-order valence-corrected chi connectivity index (χ4v) is 3.65. The number of likely N-dealkylation sites (tertiary alicyclic amines) is 1. The second kappa shape index (κ2) is 9.71. The van der Waals surface area contributed by atoms with E-state index in [2.05, 4.69) is 15.2 Å². The van der Waals surface area contributed by atoms with Gasteiger partial charge in [-0.3, -0.25) is 4.79 Å². The van der Waals surface area contributed by atoms with Gasteiger partial charge in [-0.1, -0.05) is 12.1 Å². The smallest absolute Gasteiger partial charge is 0.272 e. The average molecular weight is 443 g/mol. The van der Waals surface area contributed by atoms with Gasteiger partial charge < -0.3 is 14.4 Å². The third kappa shape index (κ3) is 5.01. The van der Waals surface area contributed by atoms with Gasteiger partial charge in [0.15, 0.2) is 0 Å². The summed E-state index contributed by atoms with van der Waals surface area (Å²) < 4.78 is 35.8. The molecule has 1 aliphatic rings. The van der Waals surface area contributed by atoms with E-state index in [9.17, 15) is 13.6 Å². The Bertz CT molecular complexity index is 1050. The first kappa shape index (κ1) is 21.7. The number of nitrogens with zero attached hydrogens (tertiary/aromatic N) is 5. The van der Waals surface area contributed by atoms with Crippen molar-refractivity contribution >= 4 is 5.91 Å². The maximum absolute atomic E-state index is 13.4. The number of hydrogen-bond donors (Lipinski definition) is 0. The van der Waals surface area contributed by atoms with E-state index >= 15 is 0 Å². The van der Waals surface area contributed by atoms with Crippen LogP contribution in [0.3, 0.4) is 0 Å². The van der Waals surface area contributed by atoms with Gasteiger partial charge >= 0.3 is 0 Å². The first-order chi connectivity index (χ1) is 15.5. The number of piperidine rings is 1. The first-order valence-corrected chi connectivity index (χ1v) is 10.3. The van der Waals surface area contributed by atoms with Crippen molar-refractivity contribution in [3.8, 4) is 17.3 Å². The summed E-state index contributed by atoms with van der Waals surface area (Å²) in [7, 11) is 0. The molecule has 168 valence electrons. The van der Waals surface area contributed by atoms with Crippen LogP contribution in [0.25, 0.3) is 5.69 Å². The van der Waals surface area contributed by atoms with E-state index < -0.39 is 13.0 Å². The normalized spacial score (nSPS) is 18.6. The Balaban J connectivity index is 1.48. The van der Waals surface area contributed by atoms with Crippen molar-refractivity contribution in [3.63, 3.8) is 0 Å². The number of pyridine rings is 1. The van der Waals surface area contributed by atoms with E-state index in [1.807, 2.05) is 13.0 Å². The number of amides is 1. The molecule has 0 radical (unpaired) electrons. The number of carbonyl (C=O) groups excluding carboxylic acids is 1. The van der Waals surface area contributed by atoms with Crippen molar-refractivity contribution in [2.45, 2.75) is 38.3 Å². The third-order valence-electron chi connectivity index (χ3n) is 5.24. The minimum Gasteiger partial charge on any atom is -0.487 e. The van der Waals surface area contributed by atoms with Gasteiger partial charge in [-0.2, -0.15) is 15.0 Å². The van der Waals surface area contributed by atoms with Crippen LogP contribution in [0.5, 0.6) is 11.6 Å². The Kier molecular flexibility index (Phi) is 6.58. The molecule has 0 aliphatic carbocycles.